The topological polar surface area (TPSA) is 81.1 Å². The minimum atomic E-state index is -0.355. The van der Waals surface area contributed by atoms with Crippen LogP contribution in [0.3, 0.4) is 0 Å². The molecule has 0 saturated carbocycles. The Morgan fingerprint density at radius 2 is 2.24 bits per heavy atom. The largest absolute Gasteiger partial charge is 0.492 e. The van der Waals surface area contributed by atoms with Crippen molar-refractivity contribution < 1.29 is 13.9 Å². The third kappa shape index (κ3) is 4.33. The number of hydrogen-bond acceptors (Lipinski definition) is 5. The first kappa shape index (κ1) is 17.3. The van der Waals surface area contributed by atoms with Gasteiger partial charge in [0.25, 0.3) is 5.91 Å². The Bertz CT molecular complexity index is 728. The molecule has 1 aromatic carbocycles. The van der Waals surface area contributed by atoms with E-state index in [2.05, 4.69) is 20.9 Å². The third-order valence-electron chi connectivity index (χ3n) is 4.25. The molecule has 1 aliphatic heterocycles. The van der Waals surface area contributed by atoms with Crippen LogP contribution in [0.1, 0.15) is 35.1 Å². The van der Waals surface area contributed by atoms with E-state index in [-0.39, 0.29) is 24.4 Å². The number of amides is 1. The van der Waals surface area contributed by atoms with Crippen LogP contribution < -0.4 is 15.4 Å². The number of nitrogens with zero attached hydrogens (tertiary/aromatic N) is 3. The van der Waals surface area contributed by atoms with Gasteiger partial charge in [0.2, 0.25) is 0 Å². The van der Waals surface area contributed by atoms with E-state index in [0.717, 1.165) is 31.6 Å². The normalized spacial score (nSPS) is 15.1. The molecule has 0 radical (unpaired) electrons. The summed E-state index contributed by atoms with van der Waals surface area (Å²) in [5, 5.41) is 14.2. The summed E-state index contributed by atoms with van der Waals surface area (Å²) in [6.45, 7) is 4.30. The summed E-state index contributed by atoms with van der Waals surface area (Å²) < 4.78 is 20.3. The number of piperidine rings is 1. The summed E-state index contributed by atoms with van der Waals surface area (Å²) in [5.41, 5.74) is 1.11. The molecule has 1 amide bonds. The molecule has 1 aliphatic rings. The van der Waals surface area contributed by atoms with Crippen molar-refractivity contribution in [2.45, 2.75) is 25.8 Å². The van der Waals surface area contributed by atoms with Crippen molar-refractivity contribution in [2.75, 3.05) is 26.2 Å². The molecule has 8 heteroatoms. The van der Waals surface area contributed by atoms with Crippen molar-refractivity contribution in [3.05, 3.63) is 41.5 Å². The second-order valence-corrected chi connectivity index (χ2v) is 6.01. The van der Waals surface area contributed by atoms with Crippen molar-refractivity contribution in [1.82, 2.24) is 25.6 Å². The molecule has 1 fully saturated rings. The number of halogens is 1. The molecule has 0 unspecified atom stereocenters. The van der Waals surface area contributed by atoms with Gasteiger partial charge in [-0.05, 0) is 45.0 Å². The maximum atomic E-state index is 13.1. The predicted molar refractivity (Wildman–Crippen MR) is 90.1 cm³/mol. The molecule has 25 heavy (non-hydrogen) atoms. The lowest BCUT2D eigenvalue weighted by atomic mass is 10.1. The van der Waals surface area contributed by atoms with Crippen LogP contribution in [0.5, 0.6) is 5.75 Å². The van der Waals surface area contributed by atoms with E-state index >= 15 is 0 Å². The first-order valence-electron chi connectivity index (χ1n) is 8.44. The van der Waals surface area contributed by atoms with Gasteiger partial charge in [-0.25, -0.2) is 9.07 Å². The van der Waals surface area contributed by atoms with Gasteiger partial charge in [-0.15, -0.1) is 5.10 Å². The molecule has 0 aliphatic carbocycles. The lowest BCUT2D eigenvalue weighted by molar-refractivity contribution is 0.0941. The maximum Gasteiger partial charge on any atom is 0.273 e. The van der Waals surface area contributed by atoms with Gasteiger partial charge in [0.1, 0.15) is 18.2 Å². The highest BCUT2D eigenvalue weighted by Gasteiger charge is 2.22. The summed E-state index contributed by atoms with van der Waals surface area (Å²) >= 11 is 0. The van der Waals surface area contributed by atoms with E-state index in [9.17, 15) is 9.18 Å². The van der Waals surface area contributed by atoms with Crippen LogP contribution in [0, 0.1) is 12.7 Å². The van der Waals surface area contributed by atoms with Crippen LogP contribution in [0.25, 0.3) is 0 Å². The monoisotopic (exact) mass is 347 g/mol. The Hall–Kier alpha value is -2.48. The molecule has 134 valence electrons. The fraction of sp³-hybridized carbons (Fsp3) is 0.471. The van der Waals surface area contributed by atoms with E-state index in [4.69, 9.17) is 4.74 Å². The van der Waals surface area contributed by atoms with Gasteiger partial charge < -0.3 is 15.4 Å². The fourth-order valence-electron chi connectivity index (χ4n) is 2.92. The van der Waals surface area contributed by atoms with Crippen molar-refractivity contribution >= 4 is 5.91 Å². The Morgan fingerprint density at radius 3 is 3.00 bits per heavy atom. The van der Waals surface area contributed by atoms with E-state index in [0.29, 0.717) is 18.0 Å². The van der Waals surface area contributed by atoms with Gasteiger partial charge in [-0.2, -0.15) is 0 Å². The number of benzene rings is 1. The molecule has 2 aromatic rings. The second-order valence-electron chi connectivity index (χ2n) is 6.01. The Balaban J connectivity index is 1.50. The summed E-state index contributed by atoms with van der Waals surface area (Å²) in [7, 11) is 0. The Morgan fingerprint density at radius 1 is 1.44 bits per heavy atom. The zero-order valence-corrected chi connectivity index (χ0v) is 14.2. The highest BCUT2D eigenvalue weighted by molar-refractivity contribution is 5.93. The molecule has 0 spiro atoms. The molecule has 0 atom stereocenters. The summed E-state index contributed by atoms with van der Waals surface area (Å²) in [6, 6.07) is 6.18. The molecule has 0 bridgehead atoms. The zero-order valence-electron chi connectivity index (χ0n) is 14.2. The van der Waals surface area contributed by atoms with E-state index in [1.807, 2.05) is 11.6 Å². The third-order valence-corrected chi connectivity index (χ3v) is 4.25. The molecular weight excluding hydrogens is 325 g/mol. The van der Waals surface area contributed by atoms with Gasteiger partial charge in [-0.3, -0.25) is 4.79 Å². The molecule has 2 heterocycles. The van der Waals surface area contributed by atoms with Gasteiger partial charge in [0, 0.05) is 6.07 Å². The number of nitrogens with one attached hydrogen (secondary N) is 2. The highest BCUT2D eigenvalue weighted by atomic mass is 19.1. The highest BCUT2D eigenvalue weighted by Crippen LogP contribution is 2.20. The molecule has 7 nitrogen and oxygen atoms in total. The molecule has 1 aromatic heterocycles. The molecule has 1 saturated heterocycles. The first-order valence-corrected chi connectivity index (χ1v) is 8.44. The van der Waals surface area contributed by atoms with E-state index in [1.54, 1.807) is 12.1 Å². The Labute approximate surface area is 145 Å². The van der Waals surface area contributed by atoms with Crippen LogP contribution in [-0.4, -0.2) is 47.1 Å². The smallest absolute Gasteiger partial charge is 0.273 e. The average Bonchev–Trinajstić information content (AvgIpc) is 3.01. The molecular formula is C17H22FN5O2. The fourth-order valence-corrected chi connectivity index (χ4v) is 2.92. The summed E-state index contributed by atoms with van der Waals surface area (Å²) in [6.07, 6.45) is 1.96. The van der Waals surface area contributed by atoms with Crippen molar-refractivity contribution in [1.29, 1.82) is 0 Å². The van der Waals surface area contributed by atoms with E-state index in [1.165, 1.54) is 12.1 Å². The predicted octanol–water partition coefficient (Wildman–Crippen LogP) is 1.46. The second kappa shape index (κ2) is 8.06. The lowest BCUT2D eigenvalue weighted by Gasteiger charge is -2.23. The SMILES string of the molecule is Cc1c(C(=O)NCCOc2cccc(F)c2)nnn1C1CCNCC1. The van der Waals surface area contributed by atoms with Gasteiger partial charge in [-0.1, -0.05) is 11.3 Å². The van der Waals surface area contributed by atoms with Gasteiger partial charge in [0.15, 0.2) is 5.69 Å². The Kier molecular flexibility index (Phi) is 5.60. The van der Waals surface area contributed by atoms with Crippen LogP contribution in [-0.2, 0) is 0 Å². The average molecular weight is 347 g/mol. The lowest BCUT2D eigenvalue weighted by Crippen LogP contribution is -2.31. The summed E-state index contributed by atoms with van der Waals surface area (Å²) in [5.74, 6) is -0.200. The number of rotatable bonds is 6. The van der Waals surface area contributed by atoms with Crippen molar-refractivity contribution in [3.63, 3.8) is 0 Å². The number of aromatic nitrogens is 3. The van der Waals surface area contributed by atoms with Crippen LogP contribution in [0.15, 0.2) is 24.3 Å². The van der Waals surface area contributed by atoms with E-state index < -0.39 is 0 Å². The number of hydrogen-bond donors (Lipinski definition) is 2. The number of carbonyl (C=O) groups is 1. The van der Waals surface area contributed by atoms with Gasteiger partial charge >= 0.3 is 0 Å². The number of ether oxygens (including phenoxy) is 1. The van der Waals surface area contributed by atoms with Gasteiger partial charge in [0.05, 0.1) is 18.3 Å². The van der Waals surface area contributed by atoms with Crippen molar-refractivity contribution in [2.24, 2.45) is 0 Å². The minimum absolute atomic E-state index is 0.247. The number of carbonyl (C=O) groups excluding carboxylic acids is 1. The standard InChI is InChI=1S/C17H22FN5O2/c1-12-16(21-22-23(12)14-5-7-19-8-6-14)17(24)20-9-10-25-15-4-2-3-13(18)11-15/h2-4,11,14,19H,5-10H2,1H3,(H,20,24). The van der Waals surface area contributed by atoms with Crippen LogP contribution >= 0.6 is 0 Å². The maximum absolute atomic E-state index is 13.1. The quantitative estimate of drug-likeness (QED) is 0.773. The molecule has 2 N–H and O–H groups in total. The minimum Gasteiger partial charge on any atom is -0.492 e. The van der Waals surface area contributed by atoms with Crippen LogP contribution in [0.2, 0.25) is 0 Å². The first-order chi connectivity index (χ1) is 12.1. The van der Waals surface area contributed by atoms with Crippen LogP contribution in [0.4, 0.5) is 4.39 Å². The zero-order chi connectivity index (χ0) is 17.6. The summed E-state index contributed by atoms with van der Waals surface area (Å²) in [4.78, 5) is 12.3. The van der Waals surface area contributed by atoms with Crippen molar-refractivity contribution in [3.8, 4) is 5.75 Å². The molecule has 3 rings (SSSR count).